The van der Waals surface area contributed by atoms with Gasteiger partial charge < -0.3 is 4.90 Å². The molecule has 25 heavy (non-hydrogen) atoms. The van der Waals surface area contributed by atoms with Gasteiger partial charge in [0.25, 0.3) is 0 Å². The zero-order chi connectivity index (χ0) is 18.8. The van der Waals surface area contributed by atoms with Gasteiger partial charge in [-0.3, -0.25) is 4.79 Å². The molecule has 1 aliphatic heterocycles. The van der Waals surface area contributed by atoms with Crippen LogP contribution < -0.4 is 0 Å². The minimum atomic E-state index is -3.24. The molecule has 6 heteroatoms. The van der Waals surface area contributed by atoms with Crippen LogP contribution >= 0.6 is 11.6 Å². The van der Waals surface area contributed by atoms with Gasteiger partial charge in [-0.25, -0.2) is 8.42 Å². The van der Waals surface area contributed by atoms with Crippen LogP contribution in [0, 0.1) is 5.92 Å². The predicted molar refractivity (Wildman–Crippen MR) is 102 cm³/mol. The van der Waals surface area contributed by atoms with Crippen LogP contribution in [-0.2, 0) is 14.6 Å². The monoisotopic (exact) mass is 385 g/mol. The maximum atomic E-state index is 12.8. The molecule has 4 nitrogen and oxygen atoms in total. The number of sulfone groups is 1. The Kier molecular flexibility index (Phi) is 6.55. The first-order valence-electron chi connectivity index (χ1n) is 8.91. The molecule has 0 N–H and O–H groups in total. The molecule has 0 spiro atoms. The number of rotatable bonds is 6. The molecular weight excluding hydrogens is 358 g/mol. The van der Waals surface area contributed by atoms with E-state index in [-0.39, 0.29) is 29.7 Å². The fourth-order valence-electron chi connectivity index (χ4n) is 3.34. The number of piperidine rings is 1. The Morgan fingerprint density at radius 1 is 1.16 bits per heavy atom. The van der Waals surface area contributed by atoms with Crippen molar-refractivity contribution in [3.8, 4) is 0 Å². The van der Waals surface area contributed by atoms with Gasteiger partial charge in [0.05, 0.1) is 17.0 Å². The highest BCUT2D eigenvalue weighted by molar-refractivity contribution is 7.92. The normalized spacial score (nSPS) is 20.4. The molecule has 140 valence electrons. The van der Waals surface area contributed by atoms with Crippen molar-refractivity contribution in [3.63, 3.8) is 0 Å². The summed E-state index contributed by atoms with van der Waals surface area (Å²) in [5, 5.41) is 0.211. The quantitative estimate of drug-likeness (QED) is 0.735. The third kappa shape index (κ3) is 4.76. The van der Waals surface area contributed by atoms with E-state index in [0.29, 0.717) is 11.4 Å². The van der Waals surface area contributed by atoms with Crippen LogP contribution in [-0.4, -0.2) is 36.3 Å². The van der Waals surface area contributed by atoms with Crippen LogP contribution in [0.3, 0.4) is 0 Å². The standard InChI is InChI=1S/C19H28ClNO3S/c1-13(2)18(12-25(23,24)14(3)4)21-17(6-5-7-19(21)22)15-8-10-16(20)11-9-15/h8-11,13-14,17-18H,5-7,12H2,1-4H3. The number of carbonyl (C=O) groups excluding carboxylic acids is 1. The lowest BCUT2D eigenvalue weighted by atomic mass is 9.91. The Labute approximate surface area is 156 Å². The summed E-state index contributed by atoms with van der Waals surface area (Å²) in [5.74, 6) is 0.118. The fourth-order valence-corrected chi connectivity index (χ4v) is 4.87. The molecule has 1 heterocycles. The van der Waals surface area contributed by atoms with E-state index in [4.69, 9.17) is 11.6 Å². The smallest absolute Gasteiger partial charge is 0.223 e. The molecule has 2 unspecified atom stereocenters. The molecule has 1 aliphatic rings. The summed E-state index contributed by atoms with van der Waals surface area (Å²) < 4.78 is 25.1. The summed E-state index contributed by atoms with van der Waals surface area (Å²) in [6, 6.07) is 7.11. The van der Waals surface area contributed by atoms with E-state index in [2.05, 4.69) is 0 Å². The second-order valence-corrected chi connectivity index (χ2v) is 10.5. The Bertz CT molecular complexity index is 698. The van der Waals surface area contributed by atoms with Crippen molar-refractivity contribution in [1.29, 1.82) is 0 Å². The minimum Gasteiger partial charge on any atom is -0.331 e. The van der Waals surface area contributed by atoms with Gasteiger partial charge in [-0.2, -0.15) is 0 Å². The first-order chi connectivity index (χ1) is 11.6. The first kappa shape index (κ1) is 20.2. The summed E-state index contributed by atoms with van der Waals surface area (Å²) >= 11 is 5.99. The van der Waals surface area contributed by atoms with E-state index >= 15 is 0 Å². The Morgan fingerprint density at radius 2 is 1.76 bits per heavy atom. The Morgan fingerprint density at radius 3 is 2.28 bits per heavy atom. The topological polar surface area (TPSA) is 54.5 Å². The maximum Gasteiger partial charge on any atom is 0.223 e. The van der Waals surface area contributed by atoms with E-state index in [0.717, 1.165) is 18.4 Å². The molecule has 0 radical (unpaired) electrons. The lowest BCUT2D eigenvalue weighted by molar-refractivity contribution is -0.140. The van der Waals surface area contributed by atoms with Gasteiger partial charge in [0, 0.05) is 17.5 Å². The van der Waals surface area contributed by atoms with E-state index < -0.39 is 15.1 Å². The summed E-state index contributed by atoms with van der Waals surface area (Å²) in [7, 11) is -3.24. The number of hydrogen-bond donors (Lipinski definition) is 0. The molecule has 0 bridgehead atoms. The molecule has 1 aromatic carbocycles. The number of carbonyl (C=O) groups is 1. The highest BCUT2D eigenvalue weighted by Crippen LogP contribution is 2.36. The van der Waals surface area contributed by atoms with Gasteiger partial charge >= 0.3 is 0 Å². The second-order valence-electron chi connectivity index (χ2n) is 7.45. The summed E-state index contributed by atoms with van der Waals surface area (Å²) in [5.41, 5.74) is 1.02. The third-order valence-electron chi connectivity index (χ3n) is 4.99. The highest BCUT2D eigenvalue weighted by atomic mass is 35.5. The first-order valence-corrected chi connectivity index (χ1v) is 11.0. The number of halogens is 1. The van der Waals surface area contributed by atoms with Crippen molar-refractivity contribution in [2.75, 3.05) is 5.75 Å². The largest absolute Gasteiger partial charge is 0.331 e. The van der Waals surface area contributed by atoms with Crippen molar-refractivity contribution in [3.05, 3.63) is 34.9 Å². The van der Waals surface area contributed by atoms with Gasteiger partial charge in [0.15, 0.2) is 9.84 Å². The summed E-state index contributed by atoms with van der Waals surface area (Å²) in [6.45, 7) is 7.37. The summed E-state index contributed by atoms with van der Waals surface area (Å²) in [6.07, 6.45) is 2.15. The Hall–Kier alpha value is -1.07. The number of likely N-dealkylation sites (tertiary alicyclic amines) is 1. The molecule has 0 aliphatic carbocycles. The molecule has 0 saturated carbocycles. The van der Waals surface area contributed by atoms with E-state index in [1.807, 2.05) is 43.0 Å². The SMILES string of the molecule is CC(C)C(CS(=O)(=O)C(C)C)N1C(=O)CCCC1c1ccc(Cl)cc1. The van der Waals surface area contributed by atoms with Crippen molar-refractivity contribution in [1.82, 2.24) is 4.90 Å². The fraction of sp³-hybridized carbons (Fsp3) is 0.632. The van der Waals surface area contributed by atoms with Crippen LogP contribution in [0.2, 0.25) is 5.02 Å². The van der Waals surface area contributed by atoms with Crippen LogP contribution in [0.1, 0.15) is 58.6 Å². The Balaban J connectivity index is 2.39. The number of nitrogens with zero attached hydrogens (tertiary/aromatic N) is 1. The van der Waals surface area contributed by atoms with Gasteiger partial charge in [-0.15, -0.1) is 0 Å². The van der Waals surface area contributed by atoms with Crippen molar-refractivity contribution < 1.29 is 13.2 Å². The average Bonchev–Trinajstić information content (AvgIpc) is 2.53. The van der Waals surface area contributed by atoms with Crippen molar-refractivity contribution in [2.45, 2.75) is 64.3 Å². The van der Waals surface area contributed by atoms with Gasteiger partial charge in [-0.1, -0.05) is 37.6 Å². The number of amides is 1. The molecule has 2 atom stereocenters. The molecule has 1 amide bonds. The molecule has 1 saturated heterocycles. The van der Waals surface area contributed by atoms with Crippen molar-refractivity contribution >= 4 is 27.3 Å². The van der Waals surface area contributed by atoms with Gasteiger partial charge in [0.2, 0.25) is 5.91 Å². The average molecular weight is 386 g/mol. The van der Waals surface area contributed by atoms with Crippen LogP contribution in [0.25, 0.3) is 0 Å². The molecular formula is C19H28ClNO3S. The van der Waals surface area contributed by atoms with E-state index in [1.54, 1.807) is 13.8 Å². The van der Waals surface area contributed by atoms with Crippen LogP contribution in [0.5, 0.6) is 0 Å². The van der Waals surface area contributed by atoms with Crippen LogP contribution in [0.15, 0.2) is 24.3 Å². The van der Waals surface area contributed by atoms with Crippen LogP contribution in [0.4, 0.5) is 0 Å². The molecule has 1 aromatic rings. The lowest BCUT2D eigenvalue weighted by Crippen LogP contribution is -2.51. The van der Waals surface area contributed by atoms with E-state index in [9.17, 15) is 13.2 Å². The maximum absolute atomic E-state index is 12.8. The molecule has 2 rings (SSSR count). The minimum absolute atomic E-state index is 0.0121. The van der Waals surface area contributed by atoms with Gasteiger partial charge in [0.1, 0.15) is 0 Å². The van der Waals surface area contributed by atoms with Crippen molar-refractivity contribution in [2.24, 2.45) is 5.92 Å². The van der Waals surface area contributed by atoms with E-state index in [1.165, 1.54) is 0 Å². The highest BCUT2D eigenvalue weighted by Gasteiger charge is 2.38. The molecule has 0 aromatic heterocycles. The molecule has 1 fully saturated rings. The third-order valence-corrected chi connectivity index (χ3v) is 7.49. The predicted octanol–water partition coefficient (Wildman–Crippen LogP) is 4.24. The second kappa shape index (κ2) is 8.09. The zero-order valence-electron chi connectivity index (χ0n) is 15.4. The summed E-state index contributed by atoms with van der Waals surface area (Å²) in [4.78, 5) is 14.6. The number of benzene rings is 1. The lowest BCUT2D eigenvalue weighted by Gasteiger charge is -2.43. The zero-order valence-corrected chi connectivity index (χ0v) is 17.0. The number of hydrogen-bond acceptors (Lipinski definition) is 3. The van der Waals surface area contributed by atoms with Gasteiger partial charge in [-0.05, 0) is 50.3 Å².